The van der Waals surface area contributed by atoms with Crippen LogP contribution in [0.3, 0.4) is 0 Å². The Labute approximate surface area is 269 Å². The van der Waals surface area contributed by atoms with Gasteiger partial charge < -0.3 is 21.1 Å². The molecular weight excluding hydrogens is 626 g/mol. The predicted octanol–water partition coefficient (Wildman–Crippen LogP) is 3.54. The molecule has 246 valence electrons. The number of aliphatic hydroxyl groups excluding tert-OH is 1. The molecule has 0 spiro atoms. The number of halogens is 3. The van der Waals surface area contributed by atoms with Crippen molar-refractivity contribution in [3.05, 3.63) is 101 Å². The third-order valence-electron chi connectivity index (χ3n) is 7.05. The predicted molar refractivity (Wildman–Crippen MR) is 172 cm³/mol. The molecule has 0 saturated carbocycles. The van der Waals surface area contributed by atoms with Crippen molar-refractivity contribution in [2.24, 2.45) is 0 Å². The van der Waals surface area contributed by atoms with E-state index < -0.39 is 57.2 Å². The van der Waals surface area contributed by atoms with Gasteiger partial charge in [-0.15, -0.1) is 12.4 Å². The third-order valence-corrected chi connectivity index (χ3v) is 8.80. The van der Waals surface area contributed by atoms with Gasteiger partial charge in [0.2, 0.25) is 5.91 Å². The van der Waals surface area contributed by atoms with Gasteiger partial charge in [0.25, 0.3) is 5.91 Å². The lowest BCUT2D eigenvalue weighted by molar-refractivity contribution is -0.124. The highest BCUT2D eigenvalue weighted by molar-refractivity contribution is 7.91. The van der Waals surface area contributed by atoms with E-state index >= 15 is 0 Å². The van der Waals surface area contributed by atoms with Crippen molar-refractivity contribution in [2.75, 3.05) is 18.1 Å². The standard InChI is InChI=1S/C32H40F2N4O5S.ClH/c1-3-5-13-44(42,43)21-29(38-31(40)25-9-11-35-12-10-25)32(41)37-28(17-24-15-26(33)18-27(34)16-24)30(39)20-36-19-23-8-6-7-22(4-2)14-23;/h6-12,14-16,18,28-30,36,39H,3-5,13,17,19-21H2,1-2H3,(H,37,41)(H,38,40);1H/t28-,29+,30+;/m0./s1. The number of amides is 2. The van der Waals surface area contributed by atoms with E-state index in [1.54, 1.807) is 0 Å². The number of carbonyl (C=O) groups is 2. The zero-order valence-corrected chi connectivity index (χ0v) is 27.0. The van der Waals surface area contributed by atoms with Gasteiger partial charge in [0.1, 0.15) is 17.7 Å². The van der Waals surface area contributed by atoms with Gasteiger partial charge in [0, 0.05) is 37.1 Å². The van der Waals surface area contributed by atoms with Gasteiger partial charge in [0.15, 0.2) is 9.84 Å². The van der Waals surface area contributed by atoms with E-state index in [9.17, 15) is 31.9 Å². The Morgan fingerprint density at radius 1 is 0.933 bits per heavy atom. The Balaban J connectivity index is 0.00000705. The van der Waals surface area contributed by atoms with E-state index in [1.165, 1.54) is 24.5 Å². The number of hydrogen-bond donors (Lipinski definition) is 4. The molecule has 0 unspecified atom stereocenters. The maximum absolute atomic E-state index is 14.0. The zero-order valence-electron chi connectivity index (χ0n) is 25.3. The fraction of sp³-hybridized carbons (Fsp3) is 0.406. The van der Waals surface area contributed by atoms with Gasteiger partial charge in [-0.25, -0.2) is 17.2 Å². The molecule has 4 N–H and O–H groups in total. The van der Waals surface area contributed by atoms with Crippen molar-refractivity contribution in [1.82, 2.24) is 20.9 Å². The minimum absolute atomic E-state index is 0. The summed E-state index contributed by atoms with van der Waals surface area (Å²) in [6.07, 6.45) is 3.23. The van der Waals surface area contributed by atoms with E-state index in [4.69, 9.17) is 0 Å². The number of aliphatic hydroxyl groups is 1. The number of sulfone groups is 1. The molecule has 0 bridgehead atoms. The van der Waals surface area contributed by atoms with Crippen LogP contribution < -0.4 is 16.0 Å². The SMILES string of the molecule is CCCCS(=O)(=O)C[C@@H](NC(=O)c1ccncc1)C(=O)N[C@@H](Cc1cc(F)cc(F)c1)[C@H](O)CNCc1cccc(CC)c1.Cl. The summed E-state index contributed by atoms with van der Waals surface area (Å²) in [5.74, 6) is -4.02. The molecule has 0 fully saturated rings. The molecule has 0 radical (unpaired) electrons. The highest BCUT2D eigenvalue weighted by Gasteiger charge is 2.31. The quantitative estimate of drug-likeness (QED) is 0.173. The topological polar surface area (TPSA) is 137 Å². The largest absolute Gasteiger partial charge is 0.390 e. The molecular formula is C32H41ClF2N4O5S. The van der Waals surface area contributed by atoms with Crippen LogP contribution in [0, 0.1) is 11.6 Å². The minimum atomic E-state index is -3.75. The van der Waals surface area contributed by atoms with Gasteiger partial charge in [-0.05, 0) is 60.2 Å². The first-order valence-electron chi connectivity index (χ1n) is 14.6. The Kier molecular flexibility index (Phi) is 15.5. The molecule has 0 saturated heterocycles. The number of pyridine rings is 1. The summed E-state index contributed by atoms with van der Waals surface area (Å²) in [5.41, 5.74) is 2.49. The van der Waals surface area contributed by atoms with Gasteiger partial charge in [-0.2, -0.15) is 0 Å². The number of rotatable bonds is 17. The zero-order chi connectivity index (χ0) is 32.1. The molecule has 1 aromatic heterocycles. The highest BCUT2D eigenvalue weighted by Crippen LogP contribution is 2.13. The molecule has 3 aromatic rings. The summed E-state index contributed by atoms with van der Waals surface area (Å²) in [6.45, 7) is 4.30. The second kappa shape index (κ2) is 18.5. The molecule has 0 aliphatic heterocycles. The van der Waals surface area contributed by atoms with Crippen molar-refractivity contribution < 1.29 is 31.9 Å². The number of unbranched alkanes of at least 4 members (excludes halogenated alkanes) is 1. The summed E-state index contributed by atoms with van der Waals surface area (Å²) in [7, 11) is -3.75. The maximum atomic E-state index is 14.0. The van der Waals surface area contributed by atoms with Crippen LogP contribution in [0.5, 0.6) is 0 Å². The van der Waals surface area contributed by atoms with Crippen molar-refractivity contribution >= 4 is 34.1 Å². The Morgan fingerprint density at radius 2 is 1.60 bits per heavy atom. The van der Waals surface area contributed by atoms with Crippen molar-refractivity contribution in [3.8, 4) is 0 Å². The number of carbonyl (C=O) groups excluding carboxylic acids is 2. The number of hydrogen-bond acceptors (Lipinski definition) is 7. The molecule has 9 nitrogen and oxygen atoms in total. The van der Waals surface area contributed by atoms with Crippen LogP contribution in [0.15, 0.2) is 67.0 Å². The van der Waals surface area contributed by atoms with Crippen molar-refractivity contribution in [1.29, 1.82) is 0 Å². The average Bonchev–Trinajstić information content (AvgIpc) is 2.99. The molecule has 1 heterocycles. The van der Waals surface area contributed by atoms with Gasteiger partial charge in [-0.1, -0.05) is 44.5 Å². The van der Waals surface area contributed by atoms with E-state index in [0.29, 0.717) is 25.5 Å². The van der Waals surface area contributed by atoms with Gasteiger partial charge >= 0.3 is 0 Å². The number of aromatic nitrogens is 1. The van der Waals surface area contributed by atoms with Crippen molar-refractivity contribution in [3.63, 3.8) is 0 Å². The molecule has 3 rings (SSSR count). The van der Waals surface area contributed by atoms with Crippen LogP contribution in [0.1, 0.15) is 53.7 Å². The minimum Gasteiger partial charge on any atom is -0.390 e. The van der Waals surface area contributed by atoms with Crippen LogP contribution in [0.2, 0.25) is 0 Å². The Bertz CT molecular complexity index is 1480. The van der Waals surface area contributed by atoms with Gasteiger partial charge in [-0.3, -0.25) is 14.6 Å². The normalized spacial score (nSPS) is 13.3. The van der Waals surface area contributed by atoms with Crippen LogP contribution in [0.25, 0.3) is 0 Å². The fourth-order valence-electron chi connectivity index (χ4n) is 4.64. The summed E-state index contributed by atoms with van der Waals surface area (Å²) in [4.78, 5) is 30.4. The summed E-state index contributed by atoms with van der Waals surface area (Å²) in [6, 6.07) is 11.1. The van der Waals surface area contributed by atoms with Crippen LogP contribution in [-0.4, -0.2) is 66.6 Å². The fourth-order valence-corrected chi connectivity index (χ4v) is 6.28. The molecule has 13 heteroatoms. The number of aryl methyl sites for hydroxylation is 1. The highest BCUT2D eigenvalue weighted by atomic mass is 35.5. The second-order valence-corrected chi connectivity index (χ2v) is 12.9. The van der Waals surface area contributed by atoms with Gasteiger partial charge in [0.05, 0.1) is 23.7 Å². The molecule has 2 aromatic carbocycles. The lowest BCUT2D eigenvalue weighted by Gasteiger charge is -2.27. The summed E-state index contributed by atoms with van der Waals surface area (Å²) in [5, 5.41) is 19.4. The third kappa shape index (κ3) is 12.8. The van der Waals surface area contributed by atoms with Crippen LogP contribution >= 0.6 is 12.4 Å². The first kappa shape index (κ1) is 37.7. The monoisotopic (exact) mass is 666 g/mol. The lowest BCUT2D eigenvalue weighted by atomic mass is 10.00. The van der Waals surface area contributed by atoms with Crippen molar-refractivity contribution in [2.45, 2.75) is 64.3 Å². The molecule has 45 heavy (non-hydrogen) atoms. The maximum Gasteiger partial charge on any atom is 0.252 e. The first-order valence-corrected chi connectivity index (χ1v) is 16.4. The van der Waals surface area contributed by atoms with Crippen LogP contribution in [0.4, 0.5) is 8.78 Å². The van der Waals surface area contributed by atoms with E-state index in [1.807, 2.05) is 38.1 Å². The second-order valence-electron chi connectivity index (χ2n) is 10.7. The summed E-state index contributed by atoms with van der Waals surface area (Å²) < 4.78 is 53.7. The smallest absolute Gasteiger partial charge is 0.252 e. The van der Waals surface area contributed by atoms with Crippen LogP contribution in [-0.2, 0) is 34.0 Å². The molecule has 0 aliphatic carbocycles. The lowest BCUT2D eigenvalue weighted by Crippen LogP contribution is -2.56. The molecule has 3 atom stereocenters. The average molecular weight is 667 g/mol. The molecule has 0 aliphatic rings. The first-order chi connectivity index (χ1) is 21.0. The van der Waals surface area contributed by atoms with E-state index in [2.05, 4.69) is 20.9 Å². The molecule has 2 amide bonds. The van der Waals surface area contributed by atoms with E-state index in [-0.39, 0.29) is 42.3 Å². The number of nitrogens with one attached hydrogen (secondary N) is 3. The van der Waals surface area contributed by atoms with E-state index in [0.717, 1.165) is 29.7 Å². The number of nitrogens with zero attached hydrogens (tertiary/aromatic N) is 1. The summed E-state index contributed by atoms with van der Waals surface area (Å²) >= 11 is 0. The Hall–Kier alpha value is -3.45. The number of benzene rings is 2. The Morgan fingerprint density at radius 3 is 2.24 bits per heavy atom.